The van der Waals surface area contributed by atoms with Gasteiger partial charge in [0.2, 0.25) is 0 Å². The maximum absolute atomic E-state index is 12.0. The number of carbonyl (C=O) groups excluding carboxylic acids is 1. The van der Waals surface area contributed by atoms with Crippen molar-refractivity contribution in [2.75, 3.05) is 7.11 Å². The van der Waals surface area contributed by atoms with E-state index in [9.17, 15) is 4.79 Å². The Morgan fingerprint density at radius 3 is 2.52 bits per heavy atom. The molecule has 0 aliphatic heterocycles. The SMILES string of the molecule is C/C=C\c1ccc(OC(=O)Cc2ccccc2)c(OC)c1. The molecule has 0 saturated heterocycles. The highest BCUT2D eigenvalue weighted by atomic mass is 16.6. The molecule has 21 heavy (non-hydrogen) atoms. The maximum atomic E-state index is 12.0. The molecule has 0 spiro atoms. The first-order chi connectivity index (χ1) is 10.2. The fraction of sp³-hybridized carbons (Fsp3) is 0.167. The summed E-state index contributed by atoms with van der Waals surface area (Å²) in [5, 5.41) is 0. The molecule has 0 saturated carbocycles. The second kappa shape index (κ2) is 7.29. The Kier molecular flexibility index (Phi) is 5.16. The van der Waals surface area contributed by atoms with E-state index in [-0.39, 0.29) is 12.4 Å². The van der Waals surface area contributed by atoms with Gasteiger partial charge in [-0.1, -0.05) is 48.6 Å². The Bertz CT molecular complexity index is 630. The number of rotatable bonds is 5. The maximum Gasteiger partial charge on any atom is 0.315 e. The minimum Gasteiger partial charge on any atom is -0.493 e. The Morgan fingerprint density at radius 1 is 1.10 bits per heavy atom. The number of carbonyl (C=O) groups is 1. The van der Waals surface area contributed by atoms with Crippen molar-refractivity contribution in [3.05, 3.63) is 65.7 Å². The lowest BCUT2D eigenvalue weighted by Gasteiger charge is -2.10. The molecule has 0 aliphatic rings. The molecule has 0 fully saturated rings. The molecule has 0 heterocycles. The van der Waals surface area contributed by atoms with Gasteiger partial charge >= 0.3 is 5.97 Å². The van der Waals surface area contributed by atoms with Gasteiger partial charge in [0.15, 0.2) is 11.5 Å². The van der Waals surface area contributed by atoms with Crippen molar-refractivity contribution < 1.29 is 14.3 Å². The van der Waals surface area contributed by atoms with E-state index in [1.165, 1.54) is 0 Å². The van der Waals surface area contributed by atoms with E-state index in [1.54, 1.807) is 13.2 Å². The van der Waals surface area contributed by atoms with Crippen LogP contribution in [0.4, 0.5) is 0 Å². The van der Waals surface area contributed by atoms with E-state index in [2.05, 4.69) is 0 Å². The lowest BCUT2D eigenvalue weighted by atomic mass is 10.1. The van der Waals surface area contributed by atoms with Gasteiger partial charge in [-0.3, -0.25) is 4.79 Å². The highest BCUT2D eigenvalue weighted by Crippen LogP contribution is 2.28. The van der Waals surface area contributed by atoms with Gasteiger partial charge in [-0.2, -0.15) is 0 Å². The summed E-state index contributed by atoms with van der Waals surface area (Å²) < 4.78 is 10.7. The monoisotopic (exact) mass is 282 g/mol. The number of hydrogen-bond acceptors (Lipinski definition) is 3. The van der Waals surface area contributed by atoms with E-state index in [1.807, 2.05) is 61.5 Å². The number of ether oxygens (including phenoxy) is 2. The zero-order valence-corrected chi connectivity index (χ0v) is 12.2. The number of methoxy groups -OCH3 is 1. The van der Waals surface area contributed by atoms with Gasteiger partial charge in [0.05, 0.1) is 13.5 Å². The van der Waals surface area contributed by atoms with Crippen LogP contribution >= 0.6 is 0 Å². The Balaban J connectivity index is 2.10. The number of esters is 1. The molecule has 0 atom stereocenters. The van der Waals surface area contributed by atoms with Crippen LogP contribution in [0.3, 0.4) is 0 Å². The molecule has 2 rings (SSSR count). The summed E-state index contributed by atoms with van der Waals surface area (Å²) in [5.74, 6) is 0.678. The van der Waals surface area contributed by atoms with Crippen molar-refractivity contribution in [1.29, 1.82) is 0 Å². The first kappa shape index (κ1) is 14.9. The molecule has 0 bridgehead atoms. The summed E-state index contributed by atoms with van der Waals surface area (Å²) in [4.78, 5) is 12.0. The second-order valence-electron chi connectivity index (χ2n) is 4.55. The first-order valence-electron chi connectivity index (χ1n) is 6.78. The Morgan fingerprint density at radius 2 is 1.86 bits per heavy atom. The van der Waals surface area contributed by atoms with Crippen LogP contribution in [-0.4, -0.2) is 13.1 Å². The molecule has 2 aromatic rings. The molecular weight excluding hydrogens is 264 g/mol. The molecule has 0 N–H and O–H groups in total. The van der Waals surface area contributed by atoms with Crippen LogP contribution in [0.2, 0.25) is 0 Å². The molecule has 3 nitrogen and oxygen atoms in total. The quantitative estimate of drug-likeness (QED) is 0.616. The summed E-state index contributed by atoms with van der Waals surface area (Å²) in [6, 6.07) is 15.0. The third kappa shape index (κ3) is 4.21. The highest BCUT2D eigenvalue weighted by Gasteiger charge is 2.11. The number of benzene rings is 2. The van der Waals surface area contributed by atoms with Crippen LogP contribution in [0, 0.1) is 0 Å². The fourth-order valence-electron chi connectivity index (χ4n) is 1.99. The molecule has 0 unspecified atom stereocenters. The molecule has 0 amide bonds. The van der Waals surface area contributed by atoms with Gasteiger partial charge in [-0.25, -0.2) is 0 Å². The molecule has 108 valence electrons. The Hall–Kier alpha value is -2.55. The van der Waals surface area contributed by atoms with E-state index in [4.69, 9.17) is 9.47 Å². The van der Waals surface area contributed by atoms with Crippen LogP contribution in [0.25, 0.3) is 6.08 Å². The van der Waals surface area contributed by atoms with E-state index in [0.717, 1.165) is 11.1 Å². The van der Waals surface area contributed by atoms with Crippen molar-refractivity contribution in [1.82, 2.24) is 0 Å². The largest absolute Gasteiger partial charge is 0.493 e. The zero-order chi connectivity index (χ0) is 15.1. The third-order valence-corrected chi connectivity index (χ3v) is 2.96. The van der Waals surface area contributed by atoms with Crippen LogP contribution in [0.1, 0.15) is 18.1 Å². The predicted molar refractivity (Wildman–Crippen MR) is 83.5 cm³/mol. The molecular formula is C18H18O3. The van der Waals surface area contributed by atoms with Crippen LogP contribution in [-0.2, 0) is 11.2 Å². The van der Waals surface area contributed by atoms with Gasteiger partial charge in [-0.15, -0.1) is 0 Å². The molecule has 0 aromatic heterocycles. The van der Waals surface area contributed by atoms with Crippen LogP contribution in [0.15, 0.2) is 54.6 Å². The van der Waals surface area contributed by atoms with Gasteiger partial charge in [-0.05, 0) is 30.2 Å². The first-order valence-corrected chi connectivity index (χ1v) is 6.78. The summed E-state index contributed by atoms with van der Waals surface area (Å²) in [5.41, 5.74) is 1.92. The normalized spacial score (nSPS) is 10.6. The highest BCUT2D eigenvalue weighted by molar-refractivity contribution is 5.76. The van der Waals surface area contributed by atoms with E-state index < -0.39 is 0 Å². The van der Waals surface area contributed by atoms with Crippen molar-refractivity contribution in [3.63, 3.8) is 0 Å². The third-order valence-electron chi connectivity index (χ3n) is 2.96. The molecule has 2 aromatic carbocycles. The Labute approximate surface area is 124 Å². The average Bonchev–Trinajstić information content (AvgIpc) is 2.50. The zero-order valence-electron chi connectivity index (χ0n) is 12.2. The van der Waals surface area contributed by atoms with Crippen molar-refractivity contribution in [3.8, 4) is 11.5 Å². The van der Waals surface area contributed by atoms with E-state index >= 15 is 0 Å². The molecule has 0 aliphatic carbocycles. The van der Waals surface area contributed by atoms with Crippen molar-refractivity contribution >= 4 is 12.0 Å². The summed E-state index contributed by atoms with van der Waals surface area (Å²) in [7, 11) is 1.56. The van der Waals surface area contributed by atoms with Crippen LogP contribution in [0.5, 0.6) is 11.5 Å². The lowest BCUT2D eigenvalue weighted by Crippen LogP contribution is -2.11. The fourth-order valence-corrected chi connectivity index (χ4v) is 1.99. The van der Waals surface area contributed by atoms with Crippen LogP contribution < -0.4 is 9.47 Å². The summed E-state index contributed by atoms with van der Waals surface area (Å²) in [6.45, 7) is 1.94. The summed E-state index contributed by atoms with van der Waals surface area (Å²) >= 11 is 0. The van der Waals surface area contributed by atoms with Gasteiger partial charge in [0.25, 0.3) is 0 Å². The standard InChI is InChI=1S/C18H18O3/c1-3-7-14-10-11-16(17(12-14)20-2)21-18(19)13-15-8-5-4-6-9-15/h3-12H,13H2,1-2H3/b7-3-. The lowest BCUT2D eigenvalue weighted by molar-refractivity contribution is -0.133. The molecule has 0 radical (unpaired) electrons. The topological polar surface area (TPSA) is 35.5 Å². The van der Waals surface area contributed by atoms with Gasteiger partial charge in [0.1, 0.15) is 0 Å². The number of allylic oxidation sites excluding steroid dienone is 1. The van der Waals surface area contributed by atoms with Crippen molar-refractivity contribution in [2.24, 2.45) is 0 Å². The smallest absolute Gasteiger partial charge is 0.315 e. The second-order valence-corrected chi connectivity index (χ2v) is 4.55. The number of hydrogen-bond donors (Lipinski definition) is 0. The van der Waals surface area contributed by atoms with E-state index in [0.29, 0.717) is 11.5 Å². The average molecular weight is 282 g/mol. The summed E-state index contributed by atoms with van der Waals surface area (Å²) in [6.07, 6.45) is 4.13. The minimum atomic E-state index is -0.307. The molecule has 3 heteroatoms. The van der Waals surface area contributed by atoms with Gasteiger partial charge < -0.3 is 9.47 Å². The van der Waals surface area contributed by atoms with Gasteiger partial charge in [0, 0.05) is 0 Å². The van der Waals surface area contributed by atoms with Crippen molar-refractivity contribution in [2.45, 2.75) is 13.3 Å². The predicted octanol–water partition coefficient (Wildman–Crippen LogP) is 3.88. The minimum absolute atomic E-state index is 0.237.